The average Bonchev–Trinajstić information content (AvgIpc) is 3.02. The van der Waals surface area contributed by atoms with Crippen molar-refractivity contribution in [1.82, 2.24) is 0 Å². The summed E-state index contributed by atoms with van der Waals surface area (Å²) in [4.78, 5) is 12.4. The zero-order valence-corrected chi connectivity index (χ0v) is 19.9. The van der Waals surface area contributed by atoms with Crippen LogP contribution in [-0.2, 0) is 4.79 Å². The summed E-state index contributed by atoms with van der Waals surface area (Å²) in [6, 6.07) is 0. The summed E-state index contributed by atoms with van der Waals surface area (Å²) in [5, 5.41) is 0. The summed E-state index contributed by atoms with van der Waals surface area (Å²) in [6.07, 6.45) is 15.1. The molecule has 0 aromatic heterocycles. The monoisotopic (exact) mass is 396 g/mol. The molecule has 0 aromatic rings. The molecular formula is C28H44O. The number of fused-ring (bicyclic) bond motifs is 4. The van der Waals surface area contributed by atoms with Gasteiger partial charge in [-0.1, -0.05) is 50.5 Å². The van der Waals surface area contributed by atoms with Gasteiger partial charge in [0.25, 0.3) is 0 Å². The van der Waals surface area contributed by atoms with E-state index in [1.54, 1.807) is 0 Å². The highest BCUT2D eigenvalue weighted by Gasteiger charge is 2.56. The van der Waals surface area contributed by atoms with Crippen LogP contribution in [-0.4, -0.2) is 5.78 Å². The quantitative estimate of drug-likeness (QED) is 0.441. The first-order valence-electron chi connectivity index (χ1n) is 12.6. The smallest absolute Gasteiger partial charge is 0.136 e. The minimum absolute atomic E-state index is 0.280. The van der Waals surface area contributed by atoms with Crippen molar-refractivity contribution >= 4 is 5.78 Å². The highest BCUT2D eigenvalue weighted by Crippen LogP contribution is 2.66. The van der Waals surface area contributed by atoms with Gasteiger partial charge in [-0.3, -0.25) is 4.79 Å². The summed E-state index contributed by atoms with van der Waals surface area (Å²) >= 11 is 0. The van der Waals surface area contributed by atoms with Crippen molar-refractivity contribution in [3.05, 3.63) is 22.8 Å². The van der Waals surface area contributed by atoms with Crippen LogP contribution in [0.4, 0.5) is 0 Å². The lowest BCUT2D eigenvalue weighted by atomic mass is 9.49. The molecule has 1 unspecified atom stereocenters. The highest BCUT2D eigenvalue weighted by atomic mass is 16.1. The molecule has 2 saturated carbocycles. The van der Waals surface area contributed by atoms with Gasteiger partial charge in [0.1, 0.15) is 5.78 Å². The number of allylic oxidation sites excluding steroid dienone is 4. The minimum atomic E-state index is 0.280. The Balaban J connectivity index is 1.57. The summed E-state index contributed by atoms with van der Waals surface area (Å²) in [5.41, 5.74) is 5.99. The van der Waals surface area contributed by atoms with E-state index in [0.29, 0.717) is 22.5 Å². The highest BCUT2D eigenvalue weighted by molar-refractivity contribution is 5.82. The molecule has 1 heteroatoms. The van der Waals surface area contributed by atoms with Gasteiger partial charge in [-0.2, -0.15) is 0 Å². The van der Waals surface area contributed by atoms with Crippen LogP contribution in [0.1, 0.15) is 106 Å². The van der Waals surface area contributed by atoms with Gasteiger partial charge < -0.3 is 0 Å². The molecule has 0 bridgehead atoms. The van der Waals surface area contributed by atoms with Crippen LogP contribution in [0.3, 0.4) is 0 Å². The Labute approximate surface area is 179 Å². The molecule has 0 radical (unpaired) electrons. The first-order valence-corrected chi connectivity index (χ1v) is 12.6. The molecule has 0 heterocycles. The summed E-state index contributed by atoms with van der Waals surface area (Å²) in [6.45, 7) is 14.4. The number of carbonyl (C=O) groups is 1. The van der Waals surface area contributed by atoms with Crippen LogP contribution >= 0.6 is 0 Å². The van der Waals surface area contributed by atoms with E-state index in [9.17, 15) is 4.79 Å². The van der Waals surface area contributed by atoms with E-state index in [-0.39, 0.29) is 5.92 Å². The van der Waals surface area contributed by atoms with E-state index in [2.05, 4.69) is 47.6 Å². The minimum Gasteiger partial charge on any atom is -0.299 e. The van der Waals surface area contributed by atoms with Gasteiger partial charge >= 0.3 is 0 Å². The number of Topliss-reactive ketones (excluding diaryl/α,β-unsaturated/α-hetero) is 1. The van der Waals surface area contributed by atoms with Gasteiger partial charge in [0, 0.05) is 12.3 Å². The van der Waals surface area contributed by atoms with Gasteiger partial charge in [0.15, 0.2) is 0 Å². The third-order valence-corrected chi connectivity index (χ3v) is 10.2. The van der Waals surface area contributed by atoms with Crippen LogP contribution in [0.25, 0.3) is 0 Å². The molecule has 0 aromatic carbocycles. The van der Waals surface area contributed by atoms with E-state index < -0.39 is 0 Å². The SMILES string of the molecule is CC(C)=CCC[C@@H](C)[C@H]1CC[C@H]2C3=C(CC[C@]12C)[C@@]1(C)CCC(=O)C(C)[C@@H]1CC3. The summed E-state index contributed by atoms with van der Waals surface area (Å²) < 4.78 is 0. The van der Waals surface area contributed by atoms with Crippen LogP contribution < -0.4 is 0 Å². The predicted octanol–water partition coefficient (Wildman–Crippen LogP) is 7.91. The fourth-order valence-corrected chi connectivity index (χ4v) is 8.54. The molecule has 0 amide bonds. The largest absolute Gasteiger partial charge is 0.299 e. The van der Waals surface area contributed by atoms with Crippen LogP contribution in [0.2, 0.25) is 0 Å². The maximum Gasteiger partial charge on any atom is 0.136 e. The van der Waals surface area contributed by atoms with Gasteiger partial charge in [-0.15, -0.1) is 0 Å². The lowest BCUT2D eigenvalue weighted by Crippen LogP contribution is -2.47. The standard InChI is InChI=1S/C28H44O/c1-18(2)8-7-9-19(3)22-12-13-24-21-10-11-23-20(4)26(29)15-17-28(23,6)25(21)14-16-27(22,24)5/h8,19-20,22-24H,7,9-17H2,1-6H3/t19-,20?,22-,23+,24+,27-,28+/m1/s1. The Bertz CT molecular complexity index is 723. The van der Waals surface area contributed by atoms with E-state index in [1.165, 1.54) is 56.9 Å². The van der Waals surface area contributed by atoms with Crippen molar-refractivity contribution in [3.63, 3.8) is 0 Å². The molecule has 0 aliphatic heterocycles. The lowest BCUT2D eigenvalue weighted by molar-refractivity contribution is -0.130. The number of hydrogen-bond acceptors (Lipinski definition) is 1. The molecule has 0 N–H and O–H groups in total. The summed E-state index contributed by atoms with van der Waals surface area (Å²) in [7, 11) is 0. The molecule has 162 valence electrons. The molecule has 4 aliphatic carbocycles. The normalized spacial score (nSPS) is 42.8. The molecule has 4 rings (SSSR count). The number of hydrogen-bond donors (Lipinski definition) is 0. The zero-order valence-electron chi connectivity index (χ0n) is 19.9. The Morgan fingerprint density at radius 3 is 2.59 bits per heavy atom. The summed E-state index contributed by atoms with van der Waals surface area (Å²) in [5.74, 6) is 3.97. The van der Waals surface area contributed by atoms with E-state index in [4.69, 9.17) is 0 Å². The first-order chi connectivity index (χ1) is 13.7. The number of rotatable bonds is 4. The van der Waals surface area contributed by atoms with Gasteiger partial charge in [-0.25, -0.2) is 0 Å². The van der Waals surface area contributed by atoms with Crippen molar-refractivity contribution in [1.29, 1.82) is 0 Å². The molecule has 0 spiro atoms. The third kappa shape index (κ3) is 3.39. The number of ketones is 1. The van der Waals surface area contributed by atoms with Crippen LogP contribution in [0.15, 0.2) is 22.8 Å². The van der Waals surface area contributed by atoms with Gasteiger partial charge in [-0.05, 0) is 106 Å². The second-order valence-electron chi connectivity index (χ2n) is 11.9. The molecule has 7 atom stereocenters. The molecule has 4 aliphatic rings. The van der Waals surface area contributed by atoms with Crippen LogP contribution in [0.5, 0.6) is 0 Å². The van der Waals surface area contributed by atoms with Gasteiger partial charge in [0.2, 0.25) is 0 Å². The maximum atomic E-state index is 12.4. The molecule has 1 nitrogen and oxygen atoms in total. The predicted molar refractivity (Wildman–Crippen MR) is 123 cm³/mol. The molecular weight excluding hydrogens is 352 g/mol. The topological polar surface area (TPSA) is 17.1 Å². The van der Waals surface area contributed by atoms with Gasteiger partial charge in [0.05, 0.1) is 0 Å². The molecule has 29 heavy (non-hydrogen) atoms. The van der Waals surface area contributed by atoms with E-state index in [1.807, 2.05) is 11.1 Å². The second kappa shape index (κ2) is 7.69. The average molecular weight is 397 g/mol. The van der Waals surface area contributed by atoms with E-state index >= 15 is 0 Å². The Morgan fingerprint density at radius 2 is 1.86 bits per heavy atom. The Morgan fingerprint density at radius 1 is 1.10 bits per heavy atom. The van der Waals surface area contributed by atoms with E-state index in [0.717, 1.165) is 30.6 Å². The molecule has 2 fully saturated rings. The molecule has 0 saturated heterocycles. The zero-order chi connectivity index (χ0) is 21.0. The maximum absolute atomic E-state index is 12.4. The fraction of sp³-hybridized carbons (Fsp3) is 0.821. The first kappa shape index (κ1) is 21.4. The number of carbonyl (C=O) groups excluding carboxylic acids is 1. The van der Waals surface area contributed by atoms with Crippen molar-refractivity contribution in [2.45, 2.75) is 106 Å². The Hall–Kier alpha value is -0.850. The van der Waals surface area contributed by atoms with Crippen LogP contribution in [0, 0.1) is 40.4 Å². The lowest BCUT2D eigenvalue weighted by Gasteiger charge is -2.55. The Kier molecular flexibility index (Phi) is 5.67. The third-order valence-electron chi connectivity index (χ3n) is 10.2. The van der Waals surface area contributed by atoms with Crippen molar-refractivity contribution in [2.24, 2.45) is 40.4 Å². The van der Waals surface area contributed by atoms with Crippen molar-refractivity contribution < 1.29 is 4.79 Å². The fourth-order valence-electron chi connectivity index (χ4n) is 8.54. The van der Waals surface area contributed by atoms with Crippen molar-refractivity contribution in [2.75, 3.05) is 0 Å². The second-order valence-corrected chi connectivity index (χ2v) is 11.9. The van der Waals surface area contributed by atoms with Crippen molar-refractivity contribution in [3.8, 4) is 0 Å².